The molecule has 4 rings (SSSR count). The third-order valence-corrected chi connectivity index (χ3v) is 6.41. The second kappa shape index (κ2) is 15.2. The predicted molar refractivity (Wildman–Crippen MR) is 154 cm³/mol. The standard InChI is InChI=1S/C28H30N2O3.C2H4O.CH2O2/c1-5-7-24(29-3)28(32)20-11-15-26-23(17-20)22-16-19(10-14-25(22)30(26)6-2)27(31)18-8-12-21(33-4)13-9-18;1-2-3;2-1-3/h8-10,12-14,16-17H,5-7,11,15H2,1-4H3;2H,1H3;1H,(H,2,3). The molecule has 0 radical (unpaired) electrons. The van der Waals surface area contributed by atoms with E-state index in [1.807, 2.05) is 24.3 Å². The average molecular weight is 533 g/mol. The Bertz CT molecular complexity index is 1370. The normalized spacial score (nSPS) is 12.1. The predicted octanol–water partition coefficient (Wildman–Crippen LogP) is 5.58. The van der Waals surface area contributed by atoms with E-state index in [1.165, 1.54) is 12.6 Å². The summed E-state index contributed by atoms with van der Waals surface area (Å²) in [7, 11) is 3.30. The molecule has 0 unspecified atom stereocenters. The van der Waals surface area contributed by atoms with Crippen molar-refractivity contribution in [3.05, 3.63) is 70.4 Å². The number of benzene rings is 2. The number of carboxylic acid groups (broad SMARTS) is 1. The number of hydrogen-bond donors (Lipinski definition) is 1. The van der Waals surface area contributed by atoms with Gasteiger partial charge < -0.3 is 19.2 Å². The number of allylic oxidation sites excluding steroid dienone is 1. The van der Waals surface area contributed by atoms with E-state index in [1.54, 1.807) is 38.4 Å². The zero-order valence-corrected chi connectivity index (χ0v) is 23.2. The van der Waals surface area contributed by atoms with E-state index in [0.717, 1.165) is 53.5 Å². The SMILES string of the molecule is CC=O.CCCC(=NC)C(=O)C1=Cc2c(n(CC)c3ccc(C(=O)c4ccc(OC)cc4)cc23)CC1.O=CO. The molecule has 1 N–H and O–H groups in total. The Kier molecular flexibility index (Phi) is 12.0. The number of carbonyl (C=O) groups is 4. The van der Waals surface area contributed by atoms with Gasteiger partial charge in [-0.05, 0) is 81.7 Å². The van der Waals surface area contributed by atoms with Crippen molar-refractivity contribution in [1.29, 1.82) is 0 Å². The number of ether oxygens (including phenoxy) is 1. The molecule has 0 amide bonds. The van der Waals surface area contributed by atoms with E-state index in [-0.39, 0.29) is 18.0 Å². The highest BCUT2D eigenvalue weighted by atomic mass is 16.5. The van der Waals surface area contributed by atoms with Gasteiger partial charge in [0.25, 0.3) is 6.47 Å². The van der Waals surface area contributed by atoms with Crippen LogP contribution in [0.3, 0.4) is 0 Å². The van der Waals surface area contributed by atoms with Gasteiger partial charge in [-0.1, -0.05) is 13.3 Å². The molecule has 39 heavy (non-hydrogen) atoms. The number of fused-ring (bicyclic) bond motifs is 3. The first-order chi connectivity index (χ1) is 18.8. The van der Waals surface area contributed by atoms with Gasteiger partial charge in [-0.25, -0.2) is 0 Å². The van der Waals surface area contributed by atoms with Crippen LogP contribution in [0.1, 0.15) is 67.2 Å². The molecule has 1 aromatic heterocycles. The fourth-order valence-corrected chi connectivity index (χ4v) is 4.70. The van der Waals surface area contributed by atoms with Crippen molar-refractivity contribution >= 4 is 47.0 Å². The maximum absolute atomic E-state index is 13.2. The molecule has 0 fully saturated rings. The van der Waals surface area contributed by atoms with E-state index >= 15 is 0 Å². The second-order valence-corrected chi connectivity index (χ2v) is 8.65. The Morgan fingerprint density at radius 3 is 2.21 bits per heavy atom. The van der Waals surface area contributed by atoms with Gasteiger partial charge >= 0.3 is 0 Å². The molecule has 0 saturated carbocycles. The fourth-order valence-electron chi connectivity index (χ4n) is 4.70. The Balaban J connectivity index is 0.000000815. The lowest BCUT2D eigenvalue weighted by Gasteiger charge is -2.16. The largest absolute Gasteiger partial charge is 0.497 e. The van der Waals surface area contributed by atoms with Crippen LogP contribution >= 0.6 is 0 Å². The third kappa shape index (κ3) is 7.16. The highest BCUT2D eigenvalue weighted by Crippen LogP contribution is 2.35. The first-order valence-corrected chi connectivity index (χ1v) is 12.9. The number of rotatable bonds is 8. The van der Waals surface area contributed by atoms with Crippen LogP contribution in [-0.2, 0) is 27.3 Å². The number of aliphatic imine (C=N–C) groups is 1. The summed E-state index contributed by atoms with van der Waals surface area (Å²) in [4.78, 5) is 47.7. The minimum atomic E-state index is -0.250. The van der Waals surface area contributed by atoms with Gasteiger partial charge in [-0.15, -0.1) is 0 Å². The summed E-state index contributed by atoms with van der Waals surface area (Å²) in [6, 6.07) is 13.1. The van der Waals surface area contributed by atoms with Crippen LogP contribution < -0.4 is 4.74 Å². The van der Waals surface area contributed by atoms with Crippen LogP contribution in [-0.4, -0.2) is 53.9 Å². The summed E-state index contributed by atoms with van der Waals surface area (Å²) >= 11 is 0. The highest BCUT2D eigenvalue weighted by Gasteiger charge is 2.25. The zero-order valence-electron chi connectivity index (χ0n) is 23.2. The number of aromatic nitrogens is 1. The quantitative estimate of drug-likeness (QED) is 0.230. The van der Waals surface area contributed by atoms with E-state index in [2.05, 4.69) is 23.4 Å². The van der Waals surface area contributed by atoms with E-state index in [0.29, 0.717) is 29.7 Å². The third-order valence-electron chi connectivity index (χ3n) is 6.41. The minimum Gasteiger partial charge on any atom is -0.497 e. The van der Waals surface area contributed by atoms with Crippen molar-refractivity contribution in [3.8, 4) is 5.75 Å². The van der Waals surface area contributed by atoms with Gasteiger partial charge in [0.15, 0.2) is 5.78 Å². The highest BCUT2D eigenvalue weighted by molar-refractivity contribution is 6.46. The van der Waals surface area contributed by atoms with Crippen molar-refractivity contribution in [2.75, 3.05) is 14.2 Å². The molecular weight excluding hydrogens is 496 g/mol. The fraction of sp³-hybridized carbons (Fsp3) is 0.323. The van der Waals surface area contributed by atoms with Gasteiger partial charge in [0.05, 0.1) is 12.8 Å². The maximum Gasteiger partial charge on any atom is 0.290 e. The smallest absolute Gasteiger partial charge is 0.290 e. The Morgan fingerprint density at radius 2 is 1.67 bits per heavy atom. The molecule has 8 nitrogen and oxygen atoms in total. The number of carbonyl (C=O) groups excluding carboxylic acids is 3. The molecule has 0 saturated heterocycles. The lowest BCUT2D eigenvalue weighted by molar-refractivity contribution is -0.123. The van der Waals surface area contributed by atoms with Crippen molar-refractivity contribution in [2.24, 2.45) is 4.99 Å². The molecule has 0 atom stereocenters. The summed E-state index contributed by atoms with van der Waals surface area (Å²) in [6.07, 6.45) is 5.88. The minimum absolute atomic E-state index is 0.0306. The van der Waals surface area contributed by atoms with Gasteiger partial charge in [0.1, 0.15) is 12.0 Å². The molecule has 1 heterocycles. The van der Waals surface area contributed by atoms with Gasteiger partial charge in [0, 0.05) is 52.5 Å². The number of hydrogen-bond acceptors (Lipinski definition) is 6. The van der Waals surface area contributed by atoms with Gasteiger partial charge in [0.2, 0.25) is 5.78 Å². The molecule has 206 valence electrons. The van der Waals surface area contributed by atoms with Crippen LogP contribution in [0, 0.1) is 0 Å². The monoisotopic (exact) mass is 532 g/mol. The molecular formula is C31H36N2O6. The zero-order chi connectivity index (χ0) is 28.9. The Labute approximate surface area is 229 Å². The lowest BCUT2D eigenvalue weighted by atomic mass is 9.90. The molecule has 0 aliphatic heterocycles. The number of aldehydes is 1. The molecule has 1 aliphatic carbocycles. The van der Waals surface area contributed by atoms with Crippen molar-refractivity contribution in [2.45, 2.75) is 53.0 Å². The summed E-state index contributed by atoms with van der Waals surface area (Å²) in [6.45, 7) is 6.22. The lowest BCUT2D eigenvalue weighted by Crippen LogP contribution is -2.19. The molecule has 0 spiro atoms. The molecule has 1 aliphatic rings. The summed E-state index contributed by atoms with van der Waals surface area (Å²) in [5.74, 6) is 0.737. The van der Waals surface area contributed by atoms with Crippen LogP contribution in [0.25, 0.3) is 17.0 Å². The number of ketones is 2. The summed E-state index contributed by atoms with van der Waals surface area (Å²) in [5, 5.41) is 7.90. The Hall–Kier alpha value is -4.33. The number of methoxy groups -OCH3 is 1. The average Bonchev–Trinajstić information content (AvgIpc) is 3.28. The van der Waals surface area contributed by atoms with Crippen LogP contribution in [0.5, 0.6) is 5.75 Å². The van der Waals surface area contributed by atoms with Gasteiger partial charge in [-0.3, -0.25) is 19.4 Å². The number of aryl methyl sites for hydroxylation is 1. The van der Waals surface area contributed by atoms with Crippen LogP contribution in [0.4, 0.5) is 0 Å². The first-order valence-electron chi connectivity index (χ1n) is 12.9. The molecule has 0 bridgehead atoms. The molecule has 2 aromatic carbocycles. The van der Waals surface area contributed by atoms with Crippen molar-refractivity contribution in [3.63, 3.8) is 0 Å². The molecule has 8 heteroatoms. The number of Topliss-reactive ketones (excluding diaryl/α,β-unsaturated/α-hetero) is 1. The second-order valence-electron chi connectivity index (χ2n) is 8.65. The van der Waals surface area contributed by atoms with Gasteiger partial charge in [-0.2, -0.15) is 0 Å². The summed E-state index contributed by atoms with van der Waals surface area (Å²) in [5.41, 5.74) is 6.07. The summed E-state index contributed by atoms with van der Waals surface area (Å²) < 4.78 is 7.50. The maximum atomic E-state index is 13.2. The van der Waals surface area contributed by atoms with E-state index < -0.39 is 0 Å². The Morgan fingerprint density at radius 1 is 1.05 bits per heavy atom. The van der Waals surface area contributed by atoms with E-state index in [4.69, 9.17) is 19.4 Å². The molecule has 3 aromatic rings. The van der Waals surface area contributed by atoms with Crippen molar-refractivity contribution in [1.82, 2.24) is 4.57 Å². The van der Waals surface area contributed by atoms with Crippen LogP contribution in [0.2, 0.25) is 0 Å². The van der Waals surface area contributed by atoms with Crippen LogP contribution in [0.15, 0.2) is 53.0 Å². The topological polar surface area (TPSA) is 115 Å². The first kappa shape index (κ1) is 30.9. The van der Waals surface area contributed by atoms with Crippen molar-refractivity contribution < 1.29 is 29.0 Å². The van der Waals surface area contributed by atoms with E-state index in [9.17, 15) is 9.59 Å². The number of nitrogens with zero attached hydrogens (tertiary/aromatic N) is 2.